The molecule has 206 valence electrons. The molecule has 1 atom stereocenters. The molecule has 0 spiro atoms. The third kappa shape index (κ3) is 5.25. The van der Waals surface area contributed by atoms with Crippen molar-refractivity contribution in [1.29, 1.82) is 0 Å². The molecule has 1 unspecified atom stereocenters. The van der Waals surface area contributed by atoms with Gasteiger partial charge in [0.1, 0.15) is 53.2 Å². The van der Waals surface area contributed by atoms with Gasteiger partial charge in [-0.15, -0.1) is 0 Å². The van der Waals surface area contributed by atoms with Crippen molar-refractivity contribution in [2.45, 2.75) is 18.7 Å². The highest BCUT2D eigenvalue weighted by atomic mass is 32.1. The first-order valence-corrected chi connectivity index (χ1v) is 12.9. The Balaban J connectivity index is 1.39. The summed E-state index contributed by atoms with van der Waals surface area (Å²) in [6.07, 6.45) is 3.76. The summed E-state index contributed by atoms with van der Waals surface area (Å²) in [5.74, 6) is -1.93. The number of nitrogens with zero attached hydrogens (tertiary/aromatic N) is 6. The Morgan fingerprint density at radius 1 is 1.23 bits per heavy atom. The largest absolute Gasteiger partial charge is 0.495 e. The summed E-state index contributed by atoms with van der Waals surface area (Å²) < 4.78 is 38.1. The molecule has 2 aromatic carbocycles. The SMILES string of the molecule is COc1ccccc1-n1c(=S)sc2c(=O)n(CC(=O)NCC(O)(Cn3cncn3)c3ccc(F)cc3F)cnc21. The second-order valence-electron chi connectivity index (χ2n) is 8.73. The van der Waals surface area contributed by atoms with Gasteiger partial charge >= 0.3 is 0 Å². The van der Waals surface area contributed by atoms with Gasteiger partial charge in [0.15, 0.2) is 9.60 Å². The van der Waals surface area contributed by atoms with E-state index in [-0.39, 0.29) is 16.8 Å². The predicted octanol–water partition coefficient (Wildman–Crippen LogP) is 2.56. The zero-order valence-electron chi connectivity index (χ0n) is 20.8. The molecule has 0 fully saturated rings. The van der Waals surface area contributed by atoms with Gasteiger partial charge in [-0.2, -0.15) is 5.10 Å². The summed E-state index contributed by atoms with van der Waals surface area (Å²) in [4.78, 5) is 34.3. The van der Waals surface area contributed by atoms with Gasteiger partial charge in [0.2, 0.25) is 5.91 Å². The maximum atomic E-state index is 14.6. The zero-order valence-corrected chi connectivity index (χ0v) is 22.5. The zero-order chi connectivity index (χ0) is 28.4. The lowest BCUT2D eigenvalue weighted by Gasteiger charge is -2.29. The summed E-state index contributed by atoms with van der Waals surface area (Å²) in [5, 5.41) is 17.8. The van der Waals surface area contributed by atoms with Crippen LogP contribution >= 0.6 is 23.6 Å². The molecule has 5 rings (SSSR count). The highest BCUT2D eigenvalue weighted by molar-refractivity contribution is 7.73. The third-order valence-corrected chi connectivity index (χ3v) is 7.45. The first kappa shape index (κ1) is 27.2. The second kappa shape index (κ2) is 11.0. The molecular weight excluding hydrogens is 564 g/mol. The topological polar surface area (TPSA) is 129 Å². The maximum absolute atomic E-state index is 14.6. The fourth-order valence-electron chi connectivity index (χ4n) is 4.21. The van der Waals surface area contributed by atoms with E-state index in [1.165, 1.54) is 30.8 Å². The number of nitrogens with one attached hydrogen (secondary N) is 1. The van der Waals surface area contributed by atoms with E-state index in [0.29, 0.717) is 27.1 Å². The molecule has 0 aliphatic rings. The minimum atomic E-state index is -2.01. The molecule has 0 radical (unpaired) electrons. The lowest BCUT2D eigenvalue weighted by molar-refractivity contribution is -0.123. The number of fused-ring (bicyclic) bond motifs is 1. The van der Waals surface area contributed by atoms with Crippen molar-refractivity contribution in [2.75, 3.05) is 13.7 Å². The van der Waals surface area contributed by atoms with E-state index in [0.717, 1.165) is 28.0 Å². The number of hydrogen-bond donors (Lipinski definition) is 2. The number of aromatic nitrogens is 6. The minimum Gasteiger partial charge on any atom is -0.495 e. The van der Waals surface area contributed by atoms with E-state index < -0.39 is 41.8 Å². The van der Waals surface area contributed by atoms with Crippen molar-refractivity contribution in [3.63, 3.8) is 0 Å². The highest BCUT2D eigenvalue weighted by Crippen LogP contribution is 2.29. The predicted molar refractivity (Wildman–Crippen MR) is 144 cm³/mol. The van der Waals surface area contributed by atoms with Crippen molar-refractivity contribution >= 4 is 39.8 Å². The highest BCUT2D eigenvalue weighted by Gasteiger charge is 2.34. The van der Waals surface area contributed by atoms with E-state index in [9.17, 15) is 23.5 Å². The fourth-order valence-corrected chi connectivity index (χ4v) is 5.54. The third-order valence-electron chi connectivity index (χ3n) is 6.10. The van der Waals surface area contributed by atoms with Crippen molar-refractivity contribution in [2.24, 2.45) is 0 Å². The Hall–Kier alpha value is -4.34. The molecule has 0 aliphatic carbocycles. The molecule has 2 N–H and O–H groups in total. The molecular formula is C25H21F2N7O4S2. The molecule has 11 nitrogen and oxygen atoms in total. The Bertz CT molecular complexity index is 1820. The number of halogens is 2. The average molecular weight is 586 g/mol. The quantitative estimate of drug-likeness (QED) is 0.253. The minimum absolute atomic E-state index is 0.238. The standard InChI is InChI=1S/C25H21F2N7O4S2/c1-38-19-5-3-2-4-18(19)34-22-21(40-24(34)39)23(36)32(14-30-22)9-20(35)29-10-25(37,11-33-13-28-12-31-33)16-7-6-15(26)8-17(16)27/h2-8,12-14,37H,9-11H2,1H3,(H,29,35). The first-order chi connectivity index (χ1) is 19.2. The number of rotatable bonds is 9. The number of benzene rings is 2. The molecule has 40 heavy (non-hydrogen) atoms. The Labute approximate surface area is 233 Å². The van der Waals surface area contributed by atoms with Crippen LogP contribution in [-0.4, -0.2) is 53.6 Å². The molecule has 5 aromatic rings. The van der Waals surface area contributed by atoms with Crippen LogP contribution in [0.3, 0.4) is 0 Å². The summed E-state index contributed by atoms with van der Waals surface area (Å²) in [6.45, 7) is -1.20. The van der Waals surface area contributed by atoms with Crippen LogP contribution in [0.25, 0.3) is 16.0 Å². The van der Waals surface area contributed by atoms with Crippen LogP contribution in [0.2, 0.25) is 0 Å². The van der Waals surface area contributed by atoms with Gasteiger partial charge in [-0.3, -0.25) is 18.7 Å². The van der Waals surface area contributed by atoms with E-state index >= 15 is 0 Å². The van der Waals surface area contributed by atoms with Gasteiger partial charge in [0.05, 0.1) is 25.9 Å². The van der Waals surface area contributed by atoms with Crippen molar-refractivity contribution in [3.8, 4) is 11.4 Å². The average Bonchev–Trinajstić information content (AvgIpc) is 3.56. The second-order valence-corrected chi connectivity index (χ2v) is 10.4. The number of aliphatic hydroxyl groups is 1. The van der Waals surface area contributed by atoms with Crippen LogP contribution in [0.5, 0.6) is 5.75 Å². The number of amides is 1. The van der Waals surface area contributed by atoms with Gasteiger partial charge in [0.25, 0.3) is 5.56 Å². The van der Waals surface area contributed by atoms with Crippen molar-refractivity contribution in [1.82, 2.24) is 34.2 Å². The summed E-state index contributed by atoms with van der Waals surface area (Å²) in [7, 11) is 1.52. The number of carbonyl (C=O) groups excluding carboxylic acids is 1. The molecule has 0 saturated carbocycles. The molecule has 0 aliphatic heterocycles. The van der Waals surface area contributed by atoms with Crippen LogP contribution in [0.15, 0.2) is 66.2 Å². The van der Waals surface area contributed by atoms with Crippen molar-refractivity contribution < 1.29 is 23.4 Å². The van der Waals surface area contributed by atoms with Gasteiger partial charge in [-0.25, -0.2) is 23.4 Å². The smallest absolute Gasteiger partial charge is 0.273 e. The van der Waals surface area contributed by atoms with Crippen LogP contribution in [0.4, 0.5) is 8.78 Å². The van der Waals surface area contributed by atoms with Crippen LogP contribution in [0.1, 0.15) is 5.56 Å². The van der Waals surface area contributed by atoms with Gasteiger partial charge in [0, 0.05) is 11.6 Å². The number of ether oxygens (including phenoxy) is 1. The van der Waals surface area contributed by atoms with Crippen LogP contribution in [0, 0.1) is 15.6 Å². The number of carbonyl (C=O) groups is 1. The maximum Gasteiger partial charge on any atom is 0.273 e. The molecule has 1 amide bonds. The number of para-hydroxylation sites is 2. The van der Waals surface area contributed by atoms with Crippen LogP contribution in [-0.2, 0) is 23.5 Å². The Morgan fingerprint density at radius 3 is 2.75 bits per heavy atom. The van der Waals surface area contributed by atoms with E-state index in [4.69, 9.17) is 17.0 Å². The molecule has 0 saturated heterocycles. The monoisotopic (exact) mass is 585 g/mol. The van der Waals surface area contributed by atoms with E-state index in [2.05, 4.69) is 20.4 Å². The van der Waals surface area contributed by atoms with E-state index in [1.54, 1.807) is 28.8 Å². The number of methoxy groups -OCH3 is 1. The van der Waals surface area contributed by atoms with Gasteiger partial charge in [-0.05, 0) is 30.4 Å². The summed E-state index contributed by atoms with van der Waals surface area (Å²) in [6, 6.07) is 9.87. The summed E-state index contributed by atoms with van der Waals surface area (Å²) >= 11 is 6.54. The normalized spacial score (nSPS) is 12.8. The fraction of sp³-hybridized carbons (Fsp3) is 0.200. The van der Waals surface area contributed by atoms with Crippen LogP contribution < -0.4 is 15.6 Å². The van der Waals surface area contributed by atoms with Crippen molar-refractivity contribution in [3.05, 3.63) is 93.0 Å². The summed E-state index contributed by atoms with van der Waals surface area (Å²) in [5.41, 5.74) is -1.83. The number of hydrogen-bond acceptors (Lipinski definition) is 9. The molecule has 0 bridgehead atoms. The Kier molecular flexibility index (Phi) is 7.51. The molecule has 15 heteroatoms. The first-order valence-electron chi connectivity index (χ1n) is 11.7. The Morgan fingerprint density at radius 2 is 2.02 bits per heavy atom. The lowest BCUT2D eigenvalue weighted by Crippen LogP contribution is -2.45. The molecule has 3 heterocycles. The van der Waals surface area contributed by atoms with Gasteiger partial charge in [-0.1, -0.05) is 29.5 Å². The van der Waals surface area contributed by atoms with E-state index in [1.807, 2.05) is 0 Å². The number of thiazole rings is 1. The van der Waals surface area contributed by atoms with Gasteiger partial charge < -0.3 is 15.2 Å². The molecule has 3 aromatic heterocycles. The lowest BCUT2D eigenvalue weighted by atomic mass is 9.92.